The normalized spacial score (nSPS) is 16.9. The number of nitrogens with one attached hydrogen (secondary N) is 1. The summed E-state index contributed by atoms with van der Waals surface area (Å²) in [6.07, 6.45) is 4.48. The molecule has 20 heavy (non-hydrogen) atoms. The maximum absolute atomic E-state index is 11.7. The molecular formula is C15H31ClN2O2. The summed E-state index contributed by atoms with van der Waals surface area (Å²) >= 11 is 0. The summed E-state index contributed by atoms with van der Waals surface area (Å²) in [5, 5.41) is 3.41. The number of hydrogen-bond acceptors (Lipinski definition) is 4. The van der Waals surface area contributed by atoms with Crippen molar-refractivity contribution < 1.29 is 9.53 Å². The molecule has 1 N–H and O–H groups in total. The van der Waals surface area contributed by atoms with E-state index in [4.69, 9.17) is 4.74 Å². The van der Waals surface area contributed by atoms with Gasteiger partial charge in [0.15, 0.2) is 0 Å². The lowest BCUT2D eigenvalue weighted by Gasteiger charge is -2.36. The lowest BCUT2D eigenvalue weighted by atomic mass is 9.88. The van der Waals surface area contributed by atoms with Crippen molar-refractivity contribution in [3.05, 3.63) is 0 Å². The second-order valence-corrected chi connectivity index (χ2v) is 6.14. The zero-order valence-electron chi connectivity index (χ0n) is 13.4. The van der Waals surface area contributed by atoms with Crippen molar-refractivity contribution in [3.8, 4) is 0 Å². The topological polar surface area (TPSA) is 41.6 Å². The van der Waals surface area contributed by atoms with E-state index < -0.39 is 0 Å². The van der Waals surface area contributed by atoms with Crippen LogP contribution in [0.3, 0.4) is 0 Å². The highest BCUT2D eigenvalue weighted by Crippen LogP contribution is 2.24. The van der Waals surface area contributed by atoms with Crippen LogP contribution in [0.15, 0.2) is 0 Å². The summed E-state index contributed by atoms with van der Waals surface area (Å²) in [6, 6.07) is 0.676. The van der Waals surface area contributed by atoms with Crippen LogP contribution in [-0.4, -0.2) is 50.2 Å². The Hall–Kier alpha value is -0.320. The maximum atomic E-state index is 11.7. The molecule has 0 spiro atoms. The smallest absolute Gasteiger partial charge is 0.311 e. The minimum Gasteiger partial charge on any atom is -0.469 e. The molecule has 0 aliphatic carbocycles. The van der Waals surface area contributed by atoms with E-state index in [-0.39, 0.29) is 23.8 Å². The van der Waals surface area contributed by atoms with Crippen molar-refractivity contribution in [2.24, 2.45) is 5.41 Å². The summed E-state index contributed by atoms with van der Waals surface area (Å²) in [5.41, 5.74) is -0.381. The first-order valence-electron chi connectivity index (χ1n) is 7.54. The van der Waals surface area contributed by atoms with Gasteiger partial charge in [-0.3, -0.25) is 4.79 Å². The molecule has 0 radical (unpaired) electrons. The molecule has 1 saturated heterocycles. The van der Waals surface area contributed by atoms with Crippen molar-refractivity contribution in [2.75, 3.05) is 33.3 Å². The van der Waals surface area contributed by atoms with E-state index in [9.17, 15) is 4.79 Å². The van der Waals surface area contributed by atoms with Crippen molar-refractivity contribution >= 4 is 18.4 Å². The zero-order chi connectivity index (χ0) is 14.3. The zero-order valence-corrected chi connectivity index (χ0v) is 14.2. The fraction of sp³-hybridized carbons (Fsp3) is 0.933. The number of carbonyl (C=O) groups excluding carboxylic acids is 1. The lowest BCUT2D eigenvalue weighted by Crippen LogP contribution is -2.45. The molecule has 1 fully saturated rings. The molecule has 4 nitrogen and oxygen atoms in total. The van der Waals surface area contributed by atoms with Gasteiger partial charge in [-0.25, -0.2) is 0 Å². The van der Waals surface area contributed by atoms with E-state index in [1.54, 1.807) is 0 Å². The molecule has 0 saturated carbocycles. The van der Waals surface area contributed by atoms with Gasteiger partial charge in [-0.05, 0) is 65.7 Å². The Labute approximate surface area is 130 Å². The van der Waals surface area contributed by atoms with Crippen molar-refractivity contribution in [2.45, 2.75) is 52.5 Å². The van der Waals surface area contributed by atoms with Crippen LogP contribution in [0.5, 0.6) is 0 Å². The van der Waals surface area contributed by atoms with Crippen LogP contribution in [0.2, 0.25) is 0 Å². The van der Waals surface area contributed by atoms with E-state index in [1.165, 1.54) is 26.4 Å². The van der Waals surface area contributed by atoms with Gasteiger partial charge in [0.1, 0.15) is 0 Å². The molecule has 1 rings (SSSR count). The van der Waals surface area contributed by atoms with Crippen LogP contribution in [0.1, 0.15) is 46.5 Å². The Morgan fingerprint density at radius 2 is 1.90 bits per heavy atom. The molecule has 0 aromatic carbocycles. The standard InChI is InChI=1S/C15H30N2O2.ClH/c1-5-11-17(13-6-9-16-10-7-13)12-8-15(2,3)14(18)19-4;/h13,16H,5-12H2,1-4H3;1H. The summed E-state index contributed by atoms with van der Waals surface area (Å²) < 4.78 is 4.89. The second kappa shape index (κ2) is 9.59. The highest BCUT2D eigenvalue weighted by Gasteiger charge is 2.30. The number of carbonyl (C=O) groups is 1. The molecular weight excluding hydrogens is 276 g/mol. The summed E-state index contributed by atoms with van der Waals surface area (Å²) in [5.74, 6) is -0.103. The van der Waals surface area contributed by atoms with Crippen molar-refractivity contribution in [3.63, 3.8) is 0 Å². The first-order valence-corrected chi connectivity index (χ1v) is 7.54. The Morgan fingerprint density at radius 3 is 2.40 bits per heavy atom. The average Bonchev–Trinajstić information content (AvgIpc) is 2.43. The summed E-state index contributed by atoms with van der Waals surface area (Å²) in [6.45, 7) is 10.5. The van der Waals surface area contributed by atoms with Gasteiger partial charge in [-0.1, -0.05) is 6.92 Å². The first-order chi connectivity index (χ1) is 9.01. The quantitative estimate of drug-likeness (QED) is 0.734. The van der Waals surface area contributed by atoms with Gasteiger partial charge < -0.3 is 15.0 Å². The number of esters is 1. The monoisotopic (exact) mass is 306 g/mol. The minimum absolute atomic E-state index is 0. The minimum atomic E-state index is -0.381. The third-order valence-corrected chi connectivity index (χ3v) is 4.10. The predicted molar refractivity (Wildman–Crippen MR) is 85.4 cm³/mol. The number of hydrogen-bond donors (Lipinski definition) is 1. The number of rotatable bonds is 7. The van der Waals surface area contributed by atoms with Gasteiger partial charge >= 0.3 is 5.97 Å². The Morgan fingerprint density at radius 1 is 1.30 bits per heavy atom. The highest BCUT2D eigenvalue weighted by atomic mass is 35.5. The maximum Gasteiger partial charge on any atom is 0.311 e. The fourth-order valence-electron chi connectivity index (χ4n) is 2.74. The SMILES string of the molecule is CCCN(CCC(C)(C)C(=O)OC)C1CCNCC1.Cl. The number of halogens is 1. The van der Waals surface area contributed by atoms with Crippen LogP contribution in [0, 0.1) is 5.41 Å². The lowest BCUT2D eigenvalue weighted by molar-refractivity contribution is -0.151. The second-order valence-electron chi connectivity index (χ2n) is 6.14. The fourth-order valence-corrected chi connectivity index (χ4v) is 2.74. The molecule has 0 bridgehead atoms. The van der Waals surface area contributed by atoms with E-state index in [0.717, 1.165) is 32.6 Å². The van der Waals surface area contributed by atoms with Gasteiger partial charge in [0, 0.05) is 6.04 Å². The summed E-state index contributed by atoms with van der Waals surface area (Å²) in [7, 11) is 1.47. The van der Waals surface area contributed by atoms with Crippen LogP contribution >= 0.6 is 12.4 Å². The molecule has 120 valence electrons. The molecule has 0 aromatic rings. The third-order valence-electron chi connectivity index (χ3n) is 4.10. The van der Waals surface area contributed by atoms with Crippen LogP contribution < -0.4 is 5.32 Å². The van der Waals surface area contributed by atoms with Gasteiger partial charge in [-0.15, -0.1) is 12.4 Å². The molecule has 0 amide bonds. The summed E-state index contributed by atoms with van der Waals surface area (Å²) in [4.78, 5) is 14.3. The Bertz CT molecular complexity index is 279. The van der Waals surface area contributed by atoms with Gasteiger partial charge in [0.05, 0.1) is 12.5 Å². The van der Waals surface area contributed by atoms with Gasteiger partial charge in [-0.2, -0.15) is 0 Å². The number of piperidine rings is 1. The van der Waals surface area contributed by atoms with Crippen LogP contribution in [-0.2, 0) is 9.53 Å². The van der Waals surface area contributed by atoms with Crippen LogP contribution in [0.4, 0.5) is 0 Å². The molecule has 0 atom stereocenters. The largest absolute Gasteiger partial charge is 0.469 e. The molecule has 5 heteroatoms. The number of nitrogens with zero attached hydrogens (tertiary/aromatic N) is 1. The van der Waals surface area contributed by atoms with Crippen molar-refractivity contribution in [1.29, 1.82) is 0 Å². The molecule has 0 aromatic heterocycles. The van der Waals surface area contributed by atoms with Gasteiger partial charge in [0.25, 0.3) is 0 Å². The molecule has 0 unspecified atom stereocenters. The first kappa shape index (κ1) is 19.7. The molecule has 1 aliphatic heterocycles. The average molecular weight is 307 g/mol. The highest BCUT2D eigenvalue weighted by molar-refractivity contribution is 5.85. The van der Waals surface area contributed by atoms with E-state index in [0.29, 0.717) is 6.04 Å². The third kappa shape index (κ3) is 5.98. The van der Waals surface area contributed by atoms with E-state index in [1.807, 2.05) is 13.8 Å². The number of ether oxygens (including phenoxy) is 1. The van der Waals surface area contributed by atoms with E-state index in [2.05, 4.69) is 17.1 Å². The number of methoxy groups -OCH3 is 1. The Balaban J connectivity index is 0.00000361. The Kier molecular flexibility index (Phi) is 9.43. The van der Waals surface area contributed by atoms with Gasteiger partial charge in [0.2, 0.25) is 0 Å². The molecule has 1 aliphatic rings. The van der Waals surface area contributed by atoms with Crippen LogP contribution in [0.25, 0.3) is 0 Å². The molecule has 1 heterocycles. The van der Waals surface area contributed by atoms with Crippen molar-refractivity contribution in [1.82, 2.24) is 10.2 Å². The predicted octanol–water partition coefficient (Wildman–Crippen LogP) is 2.46. The van der Waals surface area contributed by atoms with E-state index >= 15 is 0 Å².